The molecule has 0 radical (unpaired) electrons. The van der Waals surface area contributed by atoms with Gasteiger partial charge in [-0.2, -0.15) is 0 Å². The Morgan fingerprint density at radius 3 is 2.54 bits per heavy atom. The van der Waals surface area contributed by atoms with Gasteiger partial charge in [0.25, 0.3) is 5.91 Å². The summed E-state index contributed by atoms with van der Waals surface area (Å²) in [5.74, 6) is 0.461. The minimum Gasteiger partial charge on any atom is -0.366 e. The molecule has 5 nitrogen and oxygen atoms in total. The van der Waals surface area contributed by atoms with Crippen LogP contribution in [0.4, 0.5) is 11.5 Å². The smallest absolute Gasteiger partial charge is 0.257 e. The Morgan fingerprint density at radius 1 is 1.04 bits per heavy atom. The number of rotatable bonds is 5. The minimum absolute atomic E-state index is 0.264. The first-order valence-electron chi connectivity index (χ1n) is 7.37. The van der Waals surface area contributed by atoms with Gasteiger partial charge in [0.05, 0.1) is 22.5 Å². The number of nitrogens with one attached hydrogen (secondary N) is 2. The van der Waals surface area contributed by atoms with Crippen molar-refractivity contribution < 1.29 is 4.79 Å². The fourth-order valence-electron chi connectivity index (χ4n) is 2.11. The Hall–Kier alpha value is -2.92. The third-order valence-corrected chi connectivity index (χ3v) is 3.69. The molecular formula is C18H15ClN4O. The average Bonchev–Trinajstić information content (AvgIpc) is 2.62. The Balaban J connectivity index is 1.60. The molecule has 0 aliphatic rings. The fourth-order valence-corrected chi connectivity index (χ4v) is 2.33. The van der Waals surface area contributed by atoms with E-state index in [-0.39, 0.29) is 5.91 Å². The van der Waals surface area contributed by atoms with E-state index in [0.29, 0.717) is 22.8 Å². The summed E-state index contributed by atoms with van der Waals surface area (Å²) in [5, 5.41) is 6.40. The molecule has 0 aliphatic carbocycles. The van der Waals surface area contributed by atoms with Crippen LogP contribution in [0.5, 0.6) is 0 Å². The van der Waals surface area contributed by atoms with Crippen LogP contribution in [0.15, 0.2) is 67.1 Å². The lowest BCUT2D eigenvalue weighted by atomic mass is 10.2. The molecule has 0 unspecified atom stereocenters. The number of benzene rings is 1. The highest BCUT2D eigenvalue weighted by Crippen LogP contribution is 2.17. The van der Waals surface area contributed by atoms with Gasteiger partial charge in [-0.25, -0.2) is 4.98 Å². The molecule has 1 aromatic carbocycles. The van der Waals surface area contributed by atoms with Gasteiger partial charge in [-0.15, -0.1) is 0 Å². The number of aromatic nitrogens is 2. The molecule has 3 aromatic rings. The number of halogens is 1. The summed E-state index contributed by atoms with van der Waals surface area (Å²) in [6.07, 6.45) is 5.10. The van der Waals surface area contributed by atoms with E-state index < -0.39 is 0 Å². The van der Waals surface area contributed by atoms with Crippen molar-refractivity contribution in [2.75, 3.05) is 10.6 Å². The first kappa shape index (κ1) is 16.0. The zero-order chi connectivity index (χ0) is 16.8. The number of hydrogen-bond acceptors (Lipinski definition) is 4. The lowest BCUT2D eigenvalue weighted by Crippen LogP contribution is -2.12. The van der Waals surface area contributed by atoms with Crippen LogP contribution in [0.2, 0.25) is 5.02 Å². The van der Waals surface area contributed by atoms with Crippen molar-refractivity contribution in [3.63, 3.8) is 0 Å². The number of anilines is 2. The van der Waals surface area contributed by atoms with E-state index in [1.807, 2.05) is 18.2 Å². The van der Waals surface area contributed by atoms with Gasteiger partial charge in [-0.3, -0.25) is 9.78 Å². The molecule has 0 atom stereocenters. The van der Waals surface area contributed by atoms with E-state index in [1.54, 1.807) is 48.9 Å². The third-order valence-electron chi connectivity index (χ3n) is 3.36. The Kier molecular flexibility index (Phi) is 5.03. The number of pyridine rings is 2. The minimum atomic E-state index is -0.264. The van der Waals surface area contributed by atoms with Gasteiger partial charge in [0.1, 0.15) is 5.82 Å². The molecule has 6 heteroatoms. The van der Waals surface area contributed by atoms with Crippen molar-refractivity contribution >= 4 is 29.0 Å². The molecule has 0 aliphatic heterocycles. The second-order valence-corrected chi connectivity index (χ2v) is 5.48. The molecule has 0 saturated carbocycles. The maximum atomic E-state index is 12.2. The van der Waals surface area contributed by atoms with Crippen molar-refractivity contribution in [1.29, 1.82) is 0 Å². The second-order valence-electron chi connectivity index (χ2n) is 5.08. The topological polar surface area (TPSA) is 66.9 Å². The van der Waals surface area contributed by atoms with Crippen molar-refractivity contribution in [2.45, 2.75) is 6.54 Å². The third kappa shape index (κ3) is 4.08. The highest BCUT2D eigenvalue weighted by molar-refractivity contribution is 6.34. The number of carbonyl (C=O) groups is 1. The first-order chi connectivity index (χ1) is 11.7. The number of amides is 1. The van der Waals surface area contributed by atoms with Crippen molar-refractivity contribution in [3.8, 4) is 0 Å². The van der Waals surface area contributed by atoms with Gasteiger partial charge in [-0.05, 0) is 42.0 Å². The highest BCUT2D eigenvalue weighted by Gasteiger charge is 2.09. The zero-order valence-electron chi connectivity index (χ0n) is 12.7. The molecule has 24 heavy (non-hydrogen) atoms. The maximum Gasteiger partial charge on any atom is 0.257 e. The molecule has 0 saturated heterocycles. The Bertz CT molecular complexity index is 822. The largest absolute Gasteiger partial charge is 0.366 e. The molecule has 1 amide bonds. The van der Waals surface area contributed by atoms with Crippen molar-refractivity contribution in [1.82, 2.24) is 9.97 Å². The van der Waals surface area contributed by atoms with E-state index in [2.05, 4.69) is 20.6 Å². The fraction of sp³-hybridized carbons (Fsp3) is 0.0556. The SMILES string of the molecule is O=C(Nc1ccc(NCc2ccncc2)nc1)c1ccccc1Cl. The summed E-state index contributed by atoms with van der Waals surface area (Å²) < 4.78 is 0. The summed E-state index contributed by atoms with van der Waals surface area (Å²) in [4.78, 5) is 20.5. The lowest BCUT2D eigenvalue weighted by Gasteiger charge is -2.08. The zero-order valence-corrected chi connectivity index (χ0v) is 13.5. The normalized spacial score (nSPS) is 10.2. The van der Waals surface area contributed by atoms with Gasteiger partial charge in [-0.1, -0.05) is 23.7 Å². The molecule has 0 spiro atoms. The van der Waals surface area contributed by atoms with Crippen molar-refractivity contribution in [3.05, 3.63) is 83.3 Å². The van der Waals surface area contributed by atoms with Gasteiger partial charge in [0.15, 0.2) is 0 Å². The summed E-state index contributed by atoms with van der Waals surface area (Å²) in [6.45, 7) is 0.654. The van der Waals surface area contributed by atoms with E-state index in [0.717, 1.165) is 11.4 Å². The van der Waals surface area contributed by atoms with Crippen LogP contribution in [-0.2, 0) is 6.54 Å². The maximum absolute atomic E-state index is 12.2. The molecule has 0 bridgehead atoms. The molecule has 2 N–H and O–H groups in total. The predicted molar refractivity (Wildman–Crippen MR) is 95.2 cm³/mol. The van der Waals surface area contributed by atoms with Crippen LogP contribution in [0.1, 0.15) is 15.9 Å². The monoisotopic (exact) mass is 338 g/mol. The van der Waals surface area contributed by atoms with Crippen LogP contribution in [-0.4, -0.2) is 15.9 Å². The Labute approximate surface area is 144 Å². The molecule has 3 rings (SSSR count). The highest BCUT2D eigenvalue weighted by atomic mass is 35.5. The molecule has 2 heterocycles. The second kappa shape index (κ2) is 7.57. The Morgan fingerprint density at radius 2 is 1.83 bits per heavy atom. The quantitative estimate of drug-likeness (QED) is 0.738. The molecule has 0 fully saturated rings. The molecule has 2 aromatic heterocycles. The molecular weight excluding hydrogens is 324 g/mol. The number of nitrogens with zero attached hydrogens (tertiary/aromatic N) is 2. The number of carbonyl (C=O) groups excluding carboxylic acids is 1. The lowest BCUT2D eigenvalue weighted by molar-refractivity contribution is 0.102. The van der Waals surface area contributed by atoms with Gasteiger partial charge in [0.2, 0.25) is 0 Å². The first-order valence-corrected chi connectivity index (χ1v) is 7.75. The van der Waals surface area contributed by atoms with Crippen LogP contribution < -0.4 is 10.6 Å². The van der Waals surface area contributed by atoms with E-state index >= 15 is 0 Å². The summed E-state index contributed by atoms with van der Waals surface area (Å²) in [5.41, 5.74) is 2.15. The van der Waals surface area contributed by atoms with Crippen LogP contribution in [0, 0.1) is 0 Å². The van der Waals surface area contributed by atoms with Crippen LogP contribution in [0.25, 0.3) is 0 Å². The summed E-state index contributed by atoms with van der Waals surface area (Å²) >= 11 is 6.02. The van der Waals surface area contributed by atoms with E-state index in [9.17, 15) is 4.79 Å². The van der Waals surface area contributed by atoms with Gasteiger partial charge >= 0.3 is 0 Å². The van der Waals surface area contributed by atoms with E-state index in [4.69, 9.17) is 11.6 Å². The van der Waals surface area contributed by atoms with Crippen molar-refractivity contribution in [2.24, 2.45) is 0 Å². The van der Waals surface area contributed by atoms with Gasteiger partial charge < -0.3 is 10.6 Å². The van der Waals surface area contributed by atoms with Crippen LogP contribution in [0.3, 0.4) is 0 Å². The van der Waals surface area contributed by atoms with Crippen LogP contribution >= 0.6 is 11.6 Å². The molecule has 120 valence electrons. The standard InChI is InChI=1S/C18H15ClN4O/c19-16-4-2-1-3-15(16)18(24)23-14-5-6-17(22-12-14)21-11-13-7-9-20-10-8-13/h1-10,12H,11H2,(H,21,22)(H,23,24). The van der Waals surface area contributed by atoms with E-state index in [1.165, 1.54) is 0 Å². The summed E-state index contributed by atoms with van der Waals surface area (Å²) in [6, 6.07) is 14.4. The van der Waals surface area contributed by atoms with Gasteiger partial charge in [0, 0.05) is 18.9 Å². The average molecular weight is 339 g/mol. The number of hydrogen-bond donors (Lipinski definition) is 2. The predicted octanol–water partition coefficient (Wildman–Crippen LogP) is 3.99. The summed E-state index contributed by atoms with van der Waals surface area (Å²) in [7, 11) is 0.